The second kappa shape index (κ2) is 8.91. The number of benzene rings is 3. The summed E-state index contributed by atoms with van der Waals surface area (Å²) >= 11 is 1.63. The molecular formula is C27H25FN2OS. The Hall–Kier alpha value is -2.92. The van der Waals surface area contributed by atoms with Crippen molar-refractivity contribution in [1.29, 1.82) is 0 Å². The molecule has 0 saturated heterocycles. The van der Waals surface area contributed by atoms with E-state index < -0.39 is 0 Å². The van der Waals surface area contributed by atoms with Crippen molar-refractivity contribution in [3.05, 3.63) is 89.2 Å². The van der Waals surface area contributed by atoms with Crippen molar-refractivity contribution in [3.63, 3.8) is 0 Å². The molecule has 1 aliphatic carbocycles. The van der Waals surface area contributed by atoms with E-state index in [1.165, 1.54) is 31.4 Å². The number of carbonyl (C=O) groups is 1. The van der Waals surface area contributed by atoms with Crippen LogP contribution in [0.1, 0.15) is 53.6 Å². The zero-order valence-electron chi connectivity index (χ0n) is 18.1. The number of aliphatic imine (C=N–C) groups is 1. The van der Waals surface area contributed by atoms with Gasteiger partial charge >= 0.3 is 0 Å². The summed E-state index contributed by atoms with van der Waals surface area (Å²) < 4.78 is 14.0. The van der Waals surface area contributed by atoms with Crippen LogP contribution in [0.3, 0.4) is 0 Å². The summed E-state index contributed by atoms with van der Waals surface area (Å²) in [5.41, 5.74) is 3.80. The number of nitrogens with zero attached hydrogens (tertiary/aromatic N) is 2. The molecule has 162 valence electrons. The van der Waals surface area contributed by atoms with E-state index in [4.69, 9.17) is 4.99 Å². The molecule has 3 aromatic carbocycles. The van der Waals surface area contributed by atoms with E-state index in [-0.39, 0.29) is 11.7 Å². The third-order valence-electron chi connectivity index (χ3n) is 6.34. The summed E-state index contributed by atoms with van der Waals surface area (Å²) in [7, 11) is 1.91. The summed E-state index contributed by atoms with van der Waals surface area (Å²) in [5, 5.41) is 0. The van der Waals surface area contributed by atoms with Crippen molar-refractivity contribution in [2.75, 3.05) is 7.05 Å². The molecule has 5 heteroatoms. The summed E-state index contributed by atoms with van der Waals surface area (Å²) in [6, 6.07) is 20.6. The lowest BCUT2D eigenvalue weighted by Crippen LogP contribution is -2.38. The fraction of sp³-hybridized carbons (Fsp3) is 0.259. The van der Waals surface area contributed by atoms with Crippen LogP contribution >= 0.6 is 11.8 Å². The lowest BCUT2D eigenvalue weighted by molar-refractivity contribution is 0.0696. The van der Waals surface area contributed by atoms with E-state index in [1.807, 2.05) is 54.4 Å². The highest BCUT2D eigenvalue weighted by Crippen LogP contribution is 2.41. The average molecular weight is 445 g/mol. The normalized spacial score (nSPS) is 15.9. The molecule has 3 nitrogen and oxygen atoms in total. The number of hydrogen-bond donors (Lipinski definition) is 0. The van der Waals surface area contributed by atoms with Crippen LogP contribution in [-0.2, 0) is 0 Å². The molecule has 5 rings (SSSR count). The number of carbonyl (C=O) groups excluding carboxylic acids is 1. The lowest BCUT2D eigenvalue weighted by Gasteiger charge is -2.31. The fourth-order valence-corrected chi connectivity index (χ4v) is 5.57. The van der Waals surface area contributed by atoms with Crippen LogP contribution in [0.15, 0.2) is 81.5 Å². The molecule has 0 radical (unpaired) electrons. The van der Waals surface area contributed by atoms with Gasteiger partial charge in [-0.2, -0.15) is 0 Å². The van der Waals surface area contributed by atoms with E-state index in [2.05, 4.69) is 6.07 Å². The number of amides is 1. The van der Waals surface area contributed by atoms with Gasteiger partial charge in [-0.1, -0.05) is 61.4 Å². The van der Waals surface area contributed by atoms with Crippen molar-refractivity contribution in [3.8, 4) is 0 Å². The van der Waals surface area contributed by atoms with Crippen LogP contribution < -0.4 is 0 Å². The smallest absolute Gasteiger partial charge is 0.253 e. The Morgan fingerprint density at radius 2 is 1.78 bits per heavy atom. The van der Waals surface area contributed by atoms with E-state index in [0.29, 0.717) is 11.6 Å². The van der Waals surface area contributed by atoms with Gasteiger partial charge < -0.3 is 4.90 Å². The Balaban J connectivity index is 1.56. The molecule has 0 spiro atoms. The van der Waals surface area contributed by atoms with E-state index >= 15 is 0 Å². The molecule has 0 N–H and O–H groups in total. The molecule has 2 aliphatic rings. The Morgan fingerprint density at radius 1 is 0.969 bits per heavy atom. The monoisotopic (exact) mass is 444 g/mol. The third-order valence-corrected chi connectivity index (χ3v) is 7.48. The molecule has 0 bridgehead atoms. The fourth-order valence-electron chi connectivity index (χ4n) is 4.57. The molecule has 0 atom stereocenters. The number of hydrogen-bond acceptors (Lipinski definition) is 3. The average Bonchev–Trinajstić information content (AvgIpc) is 3.00. The lowest BCUT2D eigenvalue weighted by atomic mass is 9.94. The topological polar surface area (TPSA) is 32.7 Å². The van der Waals surface area contributed by atoms with Crippen LogP contribution in [0, 0.1) is 5.82 Å². The Bertz CT molecular complexity index is 1200. The number of halogens is 1. The molecule has 1 saturated carbocycles. The number of rotatable bonds is 3. The Morgan fingerprint density at radius 3 is 2.59 bits per heavy atom. The zero-order chi connectivity index (χ0) is 22.1. The predicted molar refractivity (Wildman–Crippen MR) is 128 cm³/mol. The maximum Gasteiger partial charge on any atom is 0.253 e. The first-order valence-corrected chi connectivity index (χ1v) is 11.9. The standard InChI is InChI=1S/C27H25FN2OS/c1-30(21-10-3-2-4-11-21)27(31)19-14-15-25-23(17-19)29-26(18-8-7-9-20(28)16-18)22-12-5-6-13-24(22)32-25/h5-9,12-17,21H,2-4,10-11H2,1H3. The predicted octanol–water partition coefficient (Wildman–Crippen LogP) is 6.86. The van der Waals surface area contributed by atoms with Gasteiger partial charge in [0.15, 0.2) is 0 Å². The van der Waals surface area contributed by atoms with Gasteiger partial charge in [-0.3, -0.25) is 4.79 Å². The van der Waals surface area contributed by atoms with E-state index in [1.54, 1.807) is 17.8 Å². The van der Waals surface area contributed by atoms with Crippen molar-refractivity contribution in [1.82, 2.24) is 4.90 Å². The van der Waals surface area contributed by atoms with Crippen LogP contribution in [0.2, 0.25) is 0 Å². The van der Waals surface area contributed by atoms with Crippen molar-refractivity contribution in [2.45, 2.75) is 47.9 Å². The minimum atomic E-state index is -0.294. The van der Waals surface area contributed by atoms with Crippen LogP contribution in [-0.4, -0.2) is 29.6 Å². The second-order valence-corrected chi connectivity index (χ2v) is 9.54. The number of fused-ring (bicyclic) bond motifs is 2. The van der Waals surface area contributed by atoms with Crippen LogP contribution in [0.4, 0.5) is 10.1 Å². The molecule has 1 amide bonds. The van der Waals surface area contributed by atoms with E-state index in [9.17, 15) is 9.18 Å². The maximum atomic E-state index is 14.0. The van der Waals surface area contributed by atoms with Gasteiger partial charge in [0.25, 0.3) is 5.91 Å². The minimum absolute atomic E-state index is 0.0361. The van der Waals surface area contributed by atoms with Gasteiger partial charge in [0.05, 0.1) is 11.4 Å². The van der Waals surface area contributed by atoms with Gasteiger partial charge in [0.1, 0.15) is 5.82 Å². The summed E-state index contributed by atoms with van der Waals surface area (Å²) in [4.78, 5) is 22.2. The molecule has 0 unspecified atom stereocenters. The minimum Gasteiger partial charge on any atom is -0.339 e. The van der Waals surface area contributed by atoms with Gasteiger partial charge in [-0.25, -0.2) is 9.38 Å². The SMILES string of the molecule is CN(C(=O)c1ccc2c(c1)N=C(c1cccc(F)c1)c1ccccc1S2)C1CCCCC1. The quantitative estimate of drug-likeness (QED) is 0.346. The maximum absolute atomic E-state index is 14.0. The highest BCUT2D eigenvalue weighted by atomic mass is 32.2. The van der Waals surface area contributed by atoms with E-state index in [0.717, 1.165) is 45.2 Å². The van der Waals surface area contributed by atoms with Gasteiger partial charge in [0.2, 0.25) is 0 Å². The first kappa shape index (κ1) is 21.0. The summed E-state index contributed by atoms with van der Waals surface area (Å²) in [5.74, 6) is -0.258. The molecular weight excluding hydrogens is 419 g/mol. The largest absolute Gasteiger partial charge is 0.339 e. The summed E-state index contributed by atoms with van der Waals surface area (Å²) in [6.07, 6.45) is 5.76. The first-order chi connectivity index (χ1) is 15.6. The van der Waals surface area contributed by atoms with Crippen molar-refractivity contribution in [2.24, 2.45) is 4.99 Å². The molecule has 1 fully saturated rings. The van der Waals surface area contributed by atoms with Gasteiger partial charge in [-0.05, 0) is 49.2 Å². The third kappa shape index (κ3) is 4.09. The highest BCUT2D eigenvalue weighted by Gasteiger charge is 2.25. The van der Waals surface area contributed by atoms with Crippen LogP contribution in [0.5, 0.6) is 0 Å². The van der Waals surface area contributed by atoms with Crippen molar-refractivity contribution < 1.29 is 9.18 Å². The second-order valence-electron chi connectivity index (χ2n) is 8.46. The molecule has 0 aromatic heterocycles. The van der Waals surface area contributed by atoms with Gasteiger partial charge in [-0.15, -0.1) is 0 Å². The zero-order valence-corrected chi connectivity index (χ0v) is 18.9. The summed E-state index contributed by atoms with van der Waals surface area (Å²) in [6.45, 7) is 0. The van der Waals surface area contributed by atoms with Crippen molar-refractivity contribution >= 4 is 29.1 Å². The Kier molecular flexibility index (Phi) is 5.83. The van der Waals surface area contributed by atoms with Gasteiger partial charge in [0, 0.05) is 39.6 Å². The first-order valence-electron chi connectivity index (χ1n) is 11.1. The molecule has 3 aromatic rings. The van der Waals surface area contributed by atoms with Crippen LogP contribution in [0.25, 0.3) is 0 Å². The molecule has 32 heavy (non-hydrogen) atoms. The molecule has 1 aliphatic heterocycles. The highest BCUT2D eigenvalue weighted by molar-refractivity contribution is 7.99. The molecule has 1 heterocycles. The Labute approximate surface area is 192 Å².